The quantitative estimate of drug-likeness (QED) is 0.863. The maximum absolute atomic E-state index is 10.7. The van der Waals surface area contributed by atoms with E-state index >= 15 is 0 Å². The van der Waals surface area contributed by atoms with Crippen molar-refractivity contribution in [3.8, 4) is 11.1 Å². The molecule has 0 spiro atoms. The standard InChI is InChI=1S/C16H17NO2/c17-15(16(18)19)10-9-12-5-4-8-14(11-12)13-6-2-1-3-7-13/h1-8,11,15H,9-10,17H2,(H,18,19)/t15-/m1/s1. The fraction of sp³-hybridized carbons (Fsp3) is 0.188. The van der Waals surface area contributed by atoms with E-state index in [4.69, 9.17) is 10.8 Å². The Kier molecular flexibility index (Phi) is 4.31. The van der Waals surface area contributed by atoms with Crippen LogP contribution in [-0.4, -0.2) is 17.1 Å². The van der Waals surface area contributed by atoms with Gasteiger partial charge in [-0.25, -0.2) is 0 Å². The van der Waals surface area contributed by atoms with E-state index in [1.54, 1.807) is 0 Å². The van der Waals surface area contributed by atoms with E-state index in [9.17, 15) is 4.79 Å². The molecule has 0 fully saturated rings. The lowest BCUT2D eigenvalue weighted by atomic mass is 10.00. The minimum absolute atomic E-state index is 0.452. The first-order valence-corrected chi connectivity index (χ1v) is 6.29. The summed E-state index contributed by atoms with van der Waals surface area (Å²) in [4.78, 5) is 10.7. The van der Waals surface area contributed by atoms with Gasteiger partial charge in [-0.05, 0) is 29.5 Å². The van der Waals surface area contributed by atoms with Crippen LogP contribution in [0.1, 0.15) is 12.0 Å². The van der Waals surface area contributed by atoms with Crippen LogP contribution in [0.4, 0.5) is 0 Å². The van der Waals surface area contributed by atoms with Crippen LogP contribution in [0.15, 0.2) is 54.6 Å². The first-order valence-electron chi connectivity index (χ1n) is 6.29. The largest absolute Gasteiger partial charge is 0.480 e. The Morgan fingerprint density at radius 1 is 1.05 bits per heavy atom. The lowest BCUT2D eigenvalue weighted by Crippen LogP contribution is -2.30. The minimum atomic E-state index is -0.945. The monoisotopic (exact) mass is 255 g/mol. The highest BCUT2D eigenvalue weighted by Crippen LogP contribution is 2.20. The summed E-state index contributed by atoms with van der Waals surface area (Å²) in [6.07, 6.45) is 1.13. The zero-order valence-electron chi connectivity index (χ0n) is 10.6. The van der Waals surface area contributed by atoms with E-state index in [0.717, 1.165) is 16.7 Å². The average molecular weight is 255 g/mol. The summed E-state index contributed by atoms with van der Waals surface area (Å²) >= 11 is 0. The van der Waals surface area contributed by atoms with Gasteiger partial charge >= 0.3 is 5.97 Å². The fourth-order valence-corrected chi connectivity index (χ4v) is 1.98. The van der Waals surface area contributed by atoms with Crippen LogP contribution < -0.4 is 5.73 Å². The van der Waals surface area contributed by atoms with Crippen molar-refractivity contribution in [1.82, 2.24) is 0 Å². The van der Waals surface area contributed by atoms with Crippen LogP contribution in [0.3, 0.4) is 0 Å². The molecule has 2 rings (SSSR count). The lowest BCUT2D eigenvalue weighted by Gasteiger charge is -2.08. The Bertz CT molecular complexity index is 552. The molecule has 3 heteroatoms. The minimum Gasteiger partial charge on any atom is -0.480 e. The number of rotatable bonds is 5. The van der Waals surface area contributed by atoms with Crippen molar-refractivity contribution in [2.24, 2.45) is 5.73 Å². The third-order valence-corrected chi connectivity index (χ3v) is 3.10. The summed E-state index contributed by atoms with van der Waals surface area (Å²) in [5.74, 6) is -0.945. The predicted molar refractivity (Wildman–Crippen MR) is 75.8 cm³/mol. The number of hydrogen-bond acceptors (Lipinski definition) is 2. The van der Waals surface area contributed by atoms with Crippen molar-refractivity contribution in [3.05, 3.63) is 60.2 Å². The maximum Gasteiger partial charge on any atom is 0.320 e. The van der Waals surface area contributed by atoms with Crippen LogP contribution in [0, 0.1) is 0 Å². The molecule has 0 unspecified atom stereocenters. The first-order chi connectivity index (χ1) is 9.16. The van der Waals surface area contributed by atoms with E-state index in [-0.39, 0.29) is 0 Å². The molecule has 2 aromatic rings. The molecule has 3 nitrogen and oxygen atoms in total. The molecule has 0 aliphatic carbocycles. The van der Waals surface area contributed by atoms with Crippen molar-refractivity contribution < 1.29 is 9.90 Å². The number of hydrogen-bond donors (Lipinski definition) is 2. The Hall–Kier alpha value is -2.13. The highest BCUT2D eigenvalue weighted by Gasteiger charge is 2.11. The van der Waals surface area contributed by atoms with Crippen molar-refractivity contribution in [3.63, 3.8) is 0 Å². The molecule has 2 aromatic carbocycles. The summed E-state index contributed by atoms with van der Waals surface area (Å²) in [5, 5.41) is 8.77. The molecule has 0 heterocycles. The molecule has 0 bridgehead atoms. The Labute approximate surface area is 112 Å². The van der Waals surface area contributed by atoms with E-state index in [2.05, 4.69) is 24.3 Å². The van der Waals surface area contributed by atoms with Crippen molar-refractivity contribution in [2.45, 2.75) is 18.9 Å². The van der Waals surface area contributed by atoms with Gasteiger partial charge in [0.25, 0.3) is 0 Å². The van der Waals surface area contributed by atoms with E-state index in [0.29, 0.717) is 12.8 Å². The second-order valence-electron chi connectivity index (χ2n) is 4.55. The molecular weight excluding hydrogens is 238 g/mol. The Balaban J connectivity index is 2.10. The van der Waals surface area contributed by atoms with Gasteiger partial charge in [0.1, 0.15) is 6.04 Å². The molecule has 0 aromatic heterocycles. The number of nitrogens with two attached hydrogens (primary N) is 1. The van der Waals surface area contributed by atoms with Crippen LogP contribution >= 0.6 is 0 Å². The number of aliphatic carboxylic acids is 1. The van der Waals surface area contributed by atoms with Crippen LogP contribution in [0.5, 0.6) is 0 Å². The van der Waals surface area contributed by atoms with Gasteiger partial charge in [-0.3, -0.25) is 4.79 Å². The van der Waals surface area contributed by atoms with Crippen molar-refractivity contribution in [1.29, 1.82) is 0 Å². The molecule has 0 amide bonds. The van der Waals surface area contributed by atoms with E-state index < -0.39 is 12.0 Å². The van der Waals surface area contributed by atoms with E-state index in [1.807, 2.05) is 30.3 Å². The lowest BCUT2D eigenvalue weighted by molar-refractivity contribution is -0.138. The average Bonchev–Trinajstić information content (AvgIpc) is 2.46. The molecule has 98 valence electrons. The molecule has 0 saturated carbocycles. The Morgan fingerprint density at radius 2 is 1.74 bits per heavy atom. The van der Waals surface area contributed by atoms with Gasteiger partial charge in [0.15, 0.2) is 0 Å². The van der Waals surface area contributed by atoms with Gasteiger partial charge in [-0.2, -0.15) is 0 Å². The zero-order valence-corrected chi connectivity index (χ0v) is 10.6. The summed E-state index contributed by atoms with van der Waals surface area (Å²) in [6, 6.07) is 17.4. The SMILES string of the molecule is N[C@H](CCc1cccc(-c2ccccc2)c1)C(=O)O. The molecular formula is C16H17NO2. The molecule has 0 radical (unpaired) electrons. The predicted octanol–water partition coefficient (Wildman–Crippen LogP) is 2.70. The second-order valence-corrected chi connectivity index (χ2v) is 4.55. The summed E-state index contributed by atoms with van der Waals surface area (Å²) in [5.41, 5.74) is 8.92. The number of benzene rings is 2. The van der Waals surface area contributed by atoms with Crippen molar-refractivity contribution in [2.75, 3.05) is 0 Å². The van der Waals surface area contributed by atoms with Crippen molar-refractivity contribution >= 4 is 5.97 Å². The fourth-order valence-electron chi connectivity index (χ4n) is 1.98. The number of carboxylic acids is 1. The van der Waals surface area contributed by atoms with Crippen LogP contribution in [0.25, 0.3) is 11.1 Å². The summed E-state index contributed by atoms with van der Waals surface area (Å²) in [7, 11) is 0. The van der Waals surface area contributed by atoms with Gasteiger partial charge in [0.05, 0.1) is 0 Å². The smallest absolute Gasteiger partial charge is 0.320 e. The highest BCUT2D eigenvalue weighted by molar-refractivity contribution is 5.73. The number of aryl methyl sites for hydroxylation is 1. The van der Waals surface area contributed by atoms with Crippen LogP contribution in [-0.2, 0) is 11.2 Å². The van der Waals surface area contributed by atoms with Gasteiger partial charge in [-0.1, -0.05) is 54.6 Å². The first kappa shape index (κ1) is 13.3. The summed E-state index contributed by atoms with van der Waals surface area (Å²) < 4.78 is 0. The molecule has 0 aliphatic heterocycles. The van der Waals surface area contributed by atoms with Gasteiger partial charge in [0.2, 0.25) is 0 Å². The normalized spacial score (nSPS) is 12.1. The number of carboxylic acid groups (broad SMARTS) is 1. The zero-order chi connectivity index (χ0) is 13.7. The number of carbonyl (C=O) groups is 1. The molecule has 19 heavy (non-hydrogen) atoms. The third-order valence-electron chi connectivity index (χ3n) is 3.10. The second kappa shape index (κ2) is 6.16. The summed E-state index contributed by atoms with van der Waals surface area (Å²) in [6.45, 7) is 0. The van der Waals surface area contributed by atoms with Gasteiger partial charge < -0.3 is 10.8 Å². The van der Waals surface area contributed by atoms with E-state index in [1.165, 1.54) is 0 Å². The molecule has 0 saturated heterocycles. The third kappa shape index (κ3) is 3.66. The van der Waals surface area contributed by atoms with Gasteiger partial charge in [0, 0.05) is 0 Å². The molecule has 0 aliphatic rings. The Morgan fingerprint density at radius 3 is 2.42 bits per heavy atom. The topological polar surface area (TPSA) is 63.3 Å². The van der Waals surface area contributed by atoms with Gasteiger partial charge in [-0.15, -0.1) is 0 Å². The molecule has 3 N–H and O–H groups in total. The maximum atomic E-state index is 10.7. The molecule has 1 atom stereocenters. The van der Waals surface area contributed by atoms with Crippen LogP contribution in [0.2, 0.25) is 0 Å². The highest BCUT2D eigenvalue weighted by atomic mass is 16.4.